The van der Waals surface area contributed by atoms with Crippen molar-refractivity contribution in [2.45, 2.75) is 32.9 Å². The molecule has 1 aromatic carbocycles. The molecule has 1 saturated heterocycles. The van der Waals surface area contributed by atoms with Crippen LogP contribution in [0.5, 0.6) is 0 Å². The maximum absolute atomic E-state index is 13.0. The van der Waals surface area contributed by atoms with E-state index in [-0.39, 0.29) is 5.97 Å². The molecule has 3 aromatic heterocycles. The fraction of sp³-hybridized carbons (Fsp3) is 0.333. The lowest BCUT2D eigenvalue weighted by atomic mass is 10.00. The van der Waals surface area contributed by atoms with Crippen LogP contribution in [0.15, 0.2) is 54.9 Å². The smallest absolute Gasteiger partial charge is 0.338 e. The Labute approximate surface area is 204 Å². The number of hydrogen-bond donors (Lipinski definition) is 2. The van der Waals surface area contributed by atoms with E-state index in [1.807, 2.05) is 43.3 Å². The van der Waals surface area contributed by atoms with Crippen LogP contribution in [-0.2, 0) is 4.74 Å². The Balaban J connectivity index is 1.38. The van der Waals surface area contributed by atoms with Crippen LogP contribution in [0, 0.1) is 6.92 Å². The number of fused-ring (bicyclic) bond motifs is 1. The number of hydrogen-bond acceptors (Lipinski definition) is 7. The second kappa shape index (κ2) is 9.93. The maximum atomic E-state index is 13.0. The summed E-state index contributed by atoms with van der Waals surface area (Å²) in [5, 5.41) is 11.6. The summed E-state index contributed by atoms with van der Waals surface area (Å²) >= 11 is 0. The molecule has 2 N–H and O–H groups in total. The second-order valence-electron chi connectivity index (χ2n) is 9.28. The summed E-state index contributed by atoms with van der Waals surface area (Å²) in [5.41, 5.74) is 5.68. The van der Waals surface area contributed by atoms with Gasteiger partial charge in [-0.15, -0.1) is 0 Å². The minimum absolute atomic E-state index is 0.335. The number of benzene rings is 1. The number of nitrogens with zero attached hydrogens (tertiary/aromatic N) is 4. The van der Waals surface area contributed by atoms with Crippen molar-refractivity contribution in [3.05, 3.63) is 66.1 Å². The van der Waals surface area contributed by atoms with Crippen molar-refractivity contribution in [2.24, 2.45) is 0 Å². The second-order valence-corrected chi connectivity index (χ2v) is 9.28. The average Bonchev–Trinajstić information content (AvgIpc) is 3.33. The Morgan fingerprint density at radius 2 is 1.97 bits per heavy atom. The van der Waals surface area contributed by atoms with E-state index in [4.69, 9.17) is 4.74 Å². The van der Waals surface area contributed by atoms with Crippen molar-refractivity contribution in [2.75, 3.05) is 26.2 Å². The van der Waals surface area contributed by atoms with Crippen LogP contribution in [0.2, 0.25) is 0 Å². The van der Waals surface area contributed by atoms with Gasteiger partial charge in [0.2, 0.25) is 0 Å². The van der Waals surface area contributed by atoms with Gasteiger partial charge in [-0.3, -0.25) is 20.0 Å². The molecule has 180 valence electrons. The molecule has 8 nitrogen and oxygen atoms in total. The standard InChI is InChI=1S/C27H30N6O2/c1-17-5-4-6-25(31-17)26-23(14-29-32-26)20-7-8-24-22(13-20)21(9-10-28-24)27(34)35-12-11-33-15-18(2)30-19(3)16-33/h4-10,13-14,18-19,30H,11-12,15-16H2,1-3H3,(H,29,32)/t18-,19+. The van der Waals surface area contributed by atoms with Gasteiger partial charge in [0, 0.05) is 54.6 Å². The average molecular weight is 471 g/mol. The summed E-state index contributed by atoms with van der Waals surface area (Å²) in [6.45, 7) is 9.29. The first-order chi connectivity index (χ1) is 17.0. The molecular formula is C27H30N6O2. The van der Waals surface area contributed by atoms with Crippen LogP contribution in [0.25, 0.3) is 33.4 Å². The van der Waals surface area contributed by atoms with Crippen molar-refractivity contribution in [3.63, 3.8) is 0 Å². The van der Waals surface area contributed by atoms with E-state index >= 15 is 0 Å². The number of aryl methyl sites for hydroxylation is 1. The summed E-state index contributed by atoms with van der Waals surface area (Å²) < 4.78 is 5.69. The zero-order chi connectivity index (χ0) is 24.4. The van der Waals surface area contributed by atoms with Crippen LogP contribution in [0.1, 0.15) is 29.9 Å². The van der Waals surface area contributed by atoms with E-state index in [9.17, 15) is 4.79 Å². The molecule has 0 spiro atoms. The molecule has 4 aromatic rings. The number of carbonyl (C=O) groups is 1. The van der Waals surface area contributed by atoms with Gasteiger partial charge in [-0.2, -0.15) is 5.10 Å². The Bertz CT molecular complexity index is 1340. The first-order valence-electron chi connectivity index (χ1n) is 12.0. The SMILES string of the molecule is Cc1cccc(-c2[nH]ncc2-c2ccc3nccc(C(=O)OCCN4C[C@@H](C)N[C@@H](C)C4)c3c2)n1. The molecule has 2 atom stereocenters. The normalized spacial score (nSPS) is 18.6. The van der Waals surface area contributed by atoms with Crippen LogP contribution < -0.4 is 5.32 Å². The van der Waals surface area contributed by atoms with Crippen molar-refractivity contribution in [1.82, 2.24) is 30.4 Å². The molecule has 1 fully saturated rings. The summed E-state index contributed by atoms with van der Waals surface area (Å²) in [5.74, 6) is -0.335. The van der Waals surface area contributed by atoms with Gasteiger partial charge in [0.05, 0.1) is 28.7 Å². The molecule has 5 rings (SSSR count). The summed E-state index contributed by atoms with van der Waals surface area (Å²) in [6, 6.07) is 14.4. The number of carbonyl (C=O) groups excluding carboxylic acids is 1. The Morgan fingerprint density at radius 3 is 2.77 bits per heavy atom. The van der Waals surface area contributed by atoms with Crippen molar-refractivity contribution < 1.29 is 9.53 Å². The topological polar surface area (TPSA) is 96.0 Å². The highest BCUT2D eigenvalue weighted by atomic mass is 16.5. The van der Waals surface area contributed by atoms with E-state index in [0.29, 0.717) is 24.3 Å². The third kappa shape index (κ3) is 5.08. The van der Waals surface area contributed by atoms with Gasteiger partial charge in [0.25, 0.3) is 0 Å². The van der Waals surface area contributed by atoms with Gasteiger partial charge in [-0.1, -0.05) is 12.1 Å². The number of piperazine rings is 1. The maximum Gasteiger partial charge on any atom is 0.338 e. The molecule has 1 aliphatic rings. The van der Waals surface area contributed by atoms with Crippen LogP contribution in [-0.4, -0.2) is 69.4 Å². The lowest BCUT2D eigenvalue weighted by Crippen LogP contribution is -2.54. The number of pyridine rings is 2. The number of aromatic amines is 1. The van der Waals surface area contributed by atoms with E-state index < -0.39 is 0 Å². The quantitative estimate of drug-likeness (QED) is 0.414. The predicted octanol–water partition coefficient (Wildman–Crippen LogP) is 3.83. The lowest BCUT2D eigenvalue weighted by Gasteiger charge is -2.35. The molecule has 4 heterocycles. The number of H-pyrrole nitrogens is 1. The summed E-state index contributed by atoms with van der Waals surface area (Å²) in [4.78, 5) is 24.5. The van der Waals surface area contributed by atoms with E-state index in [1.165, 1.54) is 0 Å². The molecule has 0 bridgehead atoms. The predicted molar refractivity (Wildman–Crippen MR) is 136 cm³/mol. The molecule has 0 aliphatic carbocycles. The lowest BCUT2D eigenvalue weighted by molar-refractivity contribution is 0.0438. The molecule has 0 unspecified atom stereocenters. The molecule has 8 heteroatoms. The zero-order valence-corrected chi connectivity index (χ0v) is 20.3. The zero-order valence-electron chi connectivity index (χ0n) is 20.3. The van der Waals surface area contributed by atoms with Gasteiger partial charge in [-0.25, -0.2) is 4.79 Å². The Kier molecular flexibility index (Phi) is 6.57. The fourth-order valence-electron chi connectivity index (χ4n) is 4.84. The van der Waals surface area contributed by atoms with Gasteiger partial charge in [0.1, 0.15) is 6.61 Å². The molecule has 0 saturated carbocycles. The Hall–Kier alpha value is -3.62. The number of ether oxygens (including phenoxy) is 1. The van der Waals surface area contributed by atoms with Crippen LogP contribution >= 0.6 is 0 Å². The first kappa shape index (κ1) is 23.1. The molecular weight excluding hydrogens is 440 g/mol. The number of aromatic nitrogens is 4. The van der Waals surface area contributed by atoms with Crippen molar-refractivity contribution >= 4 is 16.9 Å². The fourth-order valence-corrected chi connectivity index (χ4v) is 4.84. The summed E-state index contributed by atoms with van der Waals surface area (Å²) in [7, 11) is 0. The van der Waals surface area contributed by atoms with Crippen molar-refractivity contribution in [1.29, 1.82) is 0 Å². The number of esters is 1. The summed E-state index contributed by atoms with van der Waals surface area (Å²) in [6.07, 6.45) is 3.43. The van der Waals surface area contributed by atoms with E-state index in [0.717, 1.165) is 58.7 Å². The van der Waals surface area contributed by atoms with Gasteiger partial charge >= 0.3 is 5.97 Å². The third-order valence-electron chi connectivity index (χ3n) is 6.33. The Morgan fingerprint density at radius 1 is 1.14 bits per heavy atom. The number of rotatable bonds is 6. The highest BCUT2D eigenvalue weighted by molar-refractivity contribution is 6.04. The largest absolute Gasteiger partial charge is 0.461 e. The minimum Gasteiger partial charge on any atom is -0.461 e. The molecule has 0 radical (unpaired) electrons. The van der Waals surface area contributed by atoms with Gasteiger partial charge < -0.3 is 10.1 Å². The van der Waals surface area contributed by atoms with Crippen LogP contribution in [0.3, 0.4) is 0 Å². The molecule has 0 amide bonds. The first-order valence-corrected chi connectivity index (χ1v) is 12.0. The minimum atomic E-state index is -0.335. The van der Waals surface area contributed by atoms with Gasteiger partial charge in [-0.05, 0) is 56.7 Å². The monoisotopic (exact) mass is 470 g/mol. The van der Waals surface area contributed by atoms with Crippen LogP contribution in [0.4, 0.5) is 0 Å². The van der Waals surface area contributed by atoms with Gasteiger partial charge in [0.15, 0.2) is 0 Å². The van der Waals surface area contributed by atoms with E-state index in [2.05, 4.69) is 44.2 Å². The van der Waals surface area contributed by atoms with Crippen molar-refractivity contribution in [3.8, 4) is 22.5 Å². The van der Waals surface area contributed by atoms with E-state index in [1.54, 1.807) is 18.5 Å². The number of nitrogens with one attached hydrogen (secondary N) is 2. The molecule has 1 aliphatic heterocycles. The molecule has 35 heavy (non-hydrogen) atoms. The highest BCUT2D eigenvalue weighted by Crippen LogP contribution is 2.32. The third-order valence-corrected chi connectivity index (χ3v) is 6.33. The highest BCUT2D eigenvalue weighted by Gasteiger charge is 2.21.